The lowest BCUT2D eigenvalue weighted by molar-refractivity contribution is -0.143. The highest BCUT2D eigenvalue weighted by molar-refractivity contribution is 7.09. The van der Waals surface area contributed by atoms with Crippen LogP contribution < -0.4 is 5.32 Å². The second-order valence-electron chi connectivity index (χ2n) is 6.29. The minimum atomic E-state index is -0.278. The minimum Gasteiger partial charge on any atom is -0.355 e. The molecule has 0 saturated carbocycles. The van der Waals surface area contributed by atoms with E-state index in [0.29, 0.717) is 37.4 Å². The van der Waals surface area contributed by atoms with E-state index in [1.807, 2.05) is 30.5 Å². The molecule has 2 amide bonds. The Morgan fingerprint density at radius 2 is 2.31 bits per heavy atom. The van der Waals surface area contributed by atoms with E-state index in [0.717, 1.165) is 10.6 Å². The summed E-state index contributed by atoms with van der Waals surface area (Å²) in [6, 6.07) is 7.17. The maximum absolute atomic E-state index is 12.9. The quantitative estimate of drug-likeness (QED) is 0.820. The molecular weight excluding hydrogens is 370 g/mol. The average molecular weight is 392 g/mol. The van der Waals surface area contributed by atoms with E-state index in [9.17, 15) is 9.59 Å². The molecule has 0 bridgehead atoms. The molecule has 1 N–H and O–H groups in total. The Labute approximate surface area is 162 Å². The molecule has 3 rings (SSSR count). The third-order valence-electron chi connectivity index (χ3n) is 4.70. The molecule has 138 valence electrons. The largest absolute Gasteiger partial charge is 0.355 e. The molecule has 0 spiro atoms. The van der Waals surface area contributed by atoms with E-state index >= 15 is 0 Å². The summed E-state index contributed by atoms with van der Waals surface area (Å²) < 4.78 is 0. The van der Waals surface area contributed by atoms with Gasteiger partial charge in [-0.3, -0.25) is 9.59 Å². The predicted molar refractivity (Wildman–Crippen MR) is 103 cm³/mol. The number of piperidine rings is 1. The Hall–Kier alpha value is -1.92. The summed E-state index contributed by atoms with van der Waals surface area (Å²) in [6.07, 6.45) is 3.43. The maximum Gasteiger partial charge on any atom is 0.225 e. The average Bonchev–Trinajstić information content (AvgIpc) is 3.14. The Morgan fingerprint density at radius 3 is 3.00 bits per heavy atom. The van der Waals surface area contributed by atoms with Crippen molar-refractivity contribution >= 4 is 34.8 Å². The lowest BCUT2D eigenvalue weighted by Crippen LogP contribution is -2.48. The van der Waals surface area contributed by atoms with Crippen LogP contribution in [0.1, 0.15) is 36.4 Å². The van der Waals surface area contributed by atoms with E-state index in [1.165, 1.54) is 0 Å². The van der Waals surface area contributed by atoms with Gasteiger partial charge in [0.1, 0.15) is 0 Å². The van der Waals surface area contributed by atoms with Gasteiger partial charge in [0, 0.05) is 42.5 Å². The fourth-order valence-corrected chi connectivity index (χ4v) is 4.32. The number of nitrogens with one attached hydrogen (secondary N) is 1. The molecule has 1 aliphatic heterocycles. The molecule has 2 atom stereocenters. The first-order valence-electron chi connectivity index (χ1n) is 8.81. The fraction of sp³-hybridized carbons (Fsp3) is 0.421. The first-order chi connectivity index (χ1) is 12.6. The number of carbonyl (C=O) groups excluding carboxylic acids is 2. The van der Waals surface area contributed by atoms with Gasteiger partial charge in [0.05, 0.1) is 17.0 Å². The number of rotatable bonds is 6. The molecule has 1 aromatic carbocycles. The third-order valence-corrected chi connectivity index (χ3v) is 5.77. The molecule has 0 aliphatic carbocycles. The number of likely N-dealkylation sites (tertiary alicyclic amines) is 1. The third kappa shape index (κ3) is 4.24. The lowest BCUT2D eigenvalue weighted by Gasteiger charge is -2.40. The van der Waals surface area contributed by atoms with Gasteiger partial charge >= 0.3 is 0 Å². The van der Waals surface area contributed by atoms with Gasteiger partial charge in [0.15, 0.2) is 0 Å². The summed E-state index contributed by atoms with van der Waals surface area (Å²) in [7, 11) is 0. The molecule has 26 heavy (non-hydrogen) atoms. The highest BCUT2D eigenvalue weighted by Crippen LogP contribution is 2.37. The van der Waals surface area contributed by atoms with E-state index in [2.05, 4.69) is 10.3 Å². The number of amides is 2. The number of nitrogens with zero attached hydrogens (tertiary/aromatic N) is 2. The Morgan fingerprint density at radius 1 is 1.46 bits per heavy atom. The van der Waals surface area contributed by atoms with Crippen molar-refractivity contribution in [3.05, 3.63) is 51.4 Å². The summed E-state index contributed by atoms with van der Waals surface area (Å²) in [6.45, 7) is 3.06. The molecule has 5 nitrogen and oxygen atoms in total. The number of hydrogen-bond acceptors (Lipinski definition) is 4. The van der Waals surface area contributed by atoms with Crippen molar-refractivity contribution in [1.29, 1.82) is 0 Å². The number of thiazole rings is 1. The first-order valence-corrected chi connectivity index (χ1v) is 10.1. The van der Waals surface area contributed by atoms with E-state index < -0.39 is 0 Å². The zero-order valence-corrected chi connectivity index (χ0v) is 16.2. The Bertz CT molecular complexity index is 766. The predicted octanol–water partition coefficient (Wildman–Crippen LogP) is 3.46. The molecule has 1 aliphatic rings. The van der Waals surface area contributed by atoms with Gasteiger partial charge in [-0.15, -0.1) is 11.3 Å². The van der Waals surface area contributed by atoms with Crippen molar-refractivity contribution < 1.29 is 9.59 Å². The van der Waals surface area contributed by atoms with E-state index in [-0.39, 0.29) is 23.8 Å². The van der Waals surface area contributed by atoms with Crippen molar-refractivity contribution in [2.75, 3.05) is 13.1 Å². The van der Waals surface area contributed by atoms with Crippen LogP contribution in [0.5, 0.6) is 0 Å². The molecule has 0 unspecified atom stereocenters. The standard InChI is InChI=1S/C19H22ClN3O2S/c1-2-23-17(24)7-6-15(18(23)13-4-3-5-14(20)12-13)19(25)22-9-8-16-21-10-11-26-16/h3-5,10-12,15,18H,2,6-9H2,1H3,(H,22,25)/t15-,18+/m1/s1. The van der Waals surface area contributed by atoms with Gasteiger partial charge in [0.2, 0.25) is 11.8 Å². The maximum atomic E-state index is 12.9. The van der Waals surface area contributed by atoms with Crippen LogP contribution in [0.3, 0.4) is 0 Å². The van der Waals surface area contributed by atoms with Crippen LogP contribution in [0.4, 0.5) is 0 Å². The smallest absolute Gasteiger partial charge is 0.225 e. The van der Waals surface area contributed by atoms with Crippen LogP contribution >= 0.6 is 22.9 Å². The number of halogens is 1. The molecule has 2 heterocycles. The number of benzene rings is 1. The van der Waals surface area contributed by atoms with E-state index in [4.69, 9.17) is 11.6 Å². The molecular formula is C19H22ClN3O2S. The Kier molecular flexibility index (Phi) is 6.27. The second kappa shape index (κ2) is 8.64. The van der Waals surface area contributed by atoms with Gasteiger partial charge < -0.3 is 10.2 Å². The van der Waals surface area contributed by atoms with Gasteiger partial charge in [-0.25, -0.2) is 4.98 Å². The highest BCUT2D eigenvalue weighted by Gasteiger charge is 2.39. The van der Waals surface area contributed by atoms with Crippen molar-refractivity contribution in [3.63, 3.8) is 0 Å². The second-order valence-corrected chi connectivity index (χ2v) is 7.71. The van der Waals surface area contributed by atoms with E-state index in [1.54, 1.807) is 28.5 Å². The summed E-state index contributed by atoms with van der Waals surface area (Å²) in [5.41, 5.74) is 0.910. The zero-order valence-electron chi connectivity index (χ0n) is 14.7. The van der Waals surface area contributed by atoms with Gasteiger partial charge in [-0.2, -0.15) is 0 Å². The van der Waals surface area contributed by atoms with Gasteiger partial charge in [0.25, 0.3) is 0 Å². The van der Waals surface area contributed by atoms with Crippen LogP contribution in [-0.4, -0.2) is 34.8 Å². The van der Waals surface area contributed by atoms with Crippen LogP contribution in [0, 0.1) is 5.92 Å². The van der Waals surface area contributed by atoms with Gasteiger partial charge in [-0.05, 0) is 31.0 Å². The van der Waals surface area contributed by atoms with Crippen LogP contribution in [0.2, 0.25) is 5.02 Å². The highest BCUT2D eigenvalue weighted by atomic mass is 35.5. The normalized spacial score (nSPS) is 20.2. The van der Waals surface area contributed by atoms with Crippen molar-refractivity contribution in [2.24, 2.45) is 5.92 Å². The molecule has 2 aromatic rings. The summed E-state index contributed by atoms with van der Waals surface area (Å²) in [5, 5.41) is 6.57. The Balaban J connectivity index is 1.76. The number of carbonyl (C=O) groups is 2. The molecule has 1 aromatic heterocycles. The van der Waals surface area contributed by atoms with Crippen molar-refractivity contribution in [3.8, 4) is 0 Å². The van der Waals surface area contributed by atoms with Crippen LogP contribution in [0.25, 0.3) is 0 Å². The van der Waals surface area contributed by atoms with Crippen molar-refractivity contribution in [2.45, 2.75) is 32.2 Å². The molecule has 1 fully saturated rings. The topological polar surface area (TPSA) is 62.3 Å². The summed E-state index contributed by atoms with van der Waals surface area (Å²) in [5.74, 6) is -0.204. The van der Waals surface area contributed by atoms with Crippen LogP contribution in [-0.2, 0) is 16.0 Å². The van der Waals surface area contributed by atoms with Crippen molar-refractivity contribution in [1.82, 2.24) is 15.2 Å². The lowest BCUT2D eigenvalue weighted by atomic mass is 9.83. The minimum absolute atomic E-state index is 0.0162. The zero-order chi connectivity index (χ0) is 18.5. The fourth-order valence-electron chi connectivity index (χ4n) is 3.50. The number of aromatic nitrogens is 1. The summed E-state index contributed by atoms with van der Waals surface area (Å²) >= 11 is 7.73. The molecule has 7 heteroatoms. The van der Waals surface area contributed by atoms with Gasteiger partial charge in [-0.1, -0.05) is 23.7 Å². The summed E-state index contributed by atoms with van der Waals surface area (Å²) in [4.78, 5) is 31.3. The SMILES string of the molecule is CCN1C(=O)CC[C@@H](C(=O)NCCc2nccs2)[C@@H]1c1cccc(Cl)c1. The molecule has 1 saturated heterocycles. The van der Waals surface area contributed by atoms with Crippen LogP contribution in [0.15, 0.2) is 35.8 Å². The first kappa shape index (κ1) is 18.9. The molecule has 0 radical (unpaired) electrons. The monoisotopic (exact) mass is 391 g/mol. The number of hydrogen-bond donors (Lipinski definition) is 1.